The molecule has 0 bridgehead atoms. The zero-order valence-electron chi connectivity index (χ0n) is 13.6. The van der Waals surface area contributed by atoms with Crippen molar-refractivity contribution in [2.24, 2.45) is 5.92 Å². The van der Waals surface area contributed by atoms with Crippen molar-refractivity contribution < 1.29 is 8.78 Å². The Morgan fingerprint density at radius 1 is 1.14 bits per heavy atom. The predicted octanol–water partition coefficient (Wildman–Crippen LogP) is 4.80. The summed E-state index contributed by atoms with van der Waals surface area (Å²) in [6, 6.07) is 3.97. The molecule has 0 radical (unpaired) electrons. The summed E-state index contributed by atoms with van der Waals surface area (Å²) < 4.78 is 27.2. The van der Waals surface area contributed by atoms with Gasteiger partial charge >= 0.3 is 0 Å². The molecule has 0 heterocycles. The molecule has 3 heteroatoms. The number of nitrogens with one attached hydrogen (secondary N) is 1. The topological polar surface area (TPSA) is 12.0 Å². The standard InChI is InChI=1S/C18H27F2N/c1-5-6-13-10-18(11-13,12-21-17(2,3)4)14-7-15(19)9-16(20)8-14/h7-9,13,21H,5-6,10-12H2,1-4H3. The first-order valence-electron chi connectivity index (χ1n) is 7.96. The first kappa shape index (κ1) is 16.4. The normalized spacial score (nSPS) is 25.7. The molecule has 1 aromatic rings. The fourth-order valence-electron chi connectivity index (χ4n) is 3.43. The lowest BCUT2D eigenvalue weighted by Gasteiger charge is -2.50. The molecule has 2 rings (SSSR count). The van der Waals surface area contributed by atoms with Gasteiger partial charge in [-0.25, -0.2) is 8.78 Å². The molecule has 0 unspecified atom stereocenters. The third kappa shape index (κ3) is 4.03. The van der Waals surface area contributed by atoms with Gasteiger partial charge in [-0.2, -0.15) is 0 Å². The lowest BCUT2D eigenvalue weighted by atomic mass is 9.57. The van der Waals surface area contributed by atoms with E-state index in [0.717, 1.165) is 31.0 Å². The summed E-state index contributed by atoms with van der Waals surface area (Å²) in [7, 11) is 0. The SMILES string of the molecule is CCCC1CC(CNC(C)(C)C)(c2cc(F)cc(F)c2)C1. The van der Waals surface area contributed by atoms with Crippen LogP contribution >= 0.6 is 0 Å². The first-order chi connectivity index (χ1) is 9.74. The highest BCUT2D eigenvalue weighted by atomic mass is 19.1. The van der Waals surface area contributed by atoms with E-state index in [9.17, 15) is 8.78 Å². The van der Waals surface area contributed by atoms with E-state index in [-0.39, 0.29) is 11.0 Å². The smallest absolute Gasteiger partial charge is 0.126 e. The Labute approximate surface area is 127 Å². The lowest BCUT2D eigenvalue weighted by Crippen LogP contribution is -2.52. The van der Waals surface area contributed by atoms with Crippen LogP contribution in [0.5, 0.6) is 0 Å². The average Bonchev–Trinajstić information content (AvgIpc) is 2.29. The van der Waals surface area contributed by atoms with E-state index in [1.807, 2.05) is 0 Å². The molecule has 0 atom stereocenters. The molecule has 1 fully saturated rings. The fraction of sp³-hybridized carbons (Fsp3) is 0.667. The second kappa shape index (κ2) is 6.04. The quantitative estimate of drug-likeness (QED) is 0.822. The van der Waals surface area contributed by atoms with E-state index in [2.05, 4.69) is 33.0 Å². The van der Waals surface area contributed by atoms with E-state index < -0.39 is 11.6 Å². The third-order valence-electron chi connectivity index (χ3n) is 4.49. The van der Waals surface area contributed by atoms with Gasteiger partial charge in [-0.05, 0) is 57.2 Å². The second-order valence-electron chi connectivity index (χ2n) is 7.60. The Morgan fingerprint density at radius 3 is 2.19 bits per heavy atom. The number of hydrogen-bond donors (Lipinski definition) is 1. The summed E-state index contributed by atoms with van der Waals surface area (Å²) >= 11 is 0. The van der Waals surface area contributed by atoms with Gasteiger partial charge in [0.1, 0.15) is 11.6 Å². The summed E-state index contributed by atoms with van der Waals surface area (Å²) in [6.45, 7) is 9.33. The van der Waals surface area contributed by atoms with Crippen LogP contribution in [0.15, 0.2) is 18.2 Å². The van der Waals surface area contributed by atoms with Crippen molar-refractivity contribution >= 4 is 0 Å². The van der Waals surface area contributed by atoms with Gasteiger partial charge in [0, 0.05) is 23.6 Å². The maximum absolute atomic E-state index is 13.6. The summed E-state index contributed by atoms with van der Waals surface area (Å²) in [5, 5.41) is 3.52. The van der Waals surface area contributed by atoms with E-state index in [4.69, 9.17) is 0 Å². The lowest BCUT2D eigenvalue weighted by molar-refractivity contribution is 0.119. The van der Waals surface area contributed by atoms with E-state index >= 15 is 0 Å². The minimum atomic E-state index is -0.473. The number of rotatable bonds is 5. The Morgan fingerprint density at radius 2 is 1.71 bits per heavy atom. The van der Waals surface area contributed by atoms with Crippen LogP contribution in [0.4, 0.5) is 8.78 Å². The molecule has 1 saturated carbocycles. The average molecular weight is 295 g/mol. The maximum atomic E-state index is 13.6. The molecule has 1 aliphatic rings. The van der Waals surface area contributed by atoms with Crippen molar-refractivity contribution in [2.75, 3.05) is 6.54 Å². The summed E-state index contributed by atoms with van der Waals surface area (Å²) in [5.41, 5.74) is 0.703. The van der Waals surface area contributed by atoms with Crippen LogP contribution in [-0.2, 0) is 5.41 Å². The summed E-state index contributed by atoms with van der Waals surface area (Å²) in [5.74, 6) is -0.263. The number of halogens is 2. The molecule has 21 heavy (non-hydrogen) atoms. The maximum Gasteiger partial charge on any atom is 0.126 e. The molecular formula is C18H27F2N. The van der Waals surface area contributed by atoms with E-state index in [1.165, 1.54) is 25.0 Å². The van der Waals surface area contributed by atoms with Crippen molar-refractivity contribution in [3.8, 4) is 0 Å². The van der Waals surface area contributed by atoms with Gasteiger partial charge in [0.2, 0.25) is 0 Å². The molecule has 1 nitrogen and oxygen atoms in total. The van der Waals surface area contributed by atoms with Crippen LogP contribution in [0.2, 0.25) is 0 Å². The van der Waals surface area contributed by atoms with Gasteiger partial charge in [-0.3, -0.25) is 0 Å². The predicted molar refractivity (Wildman–Crippen MR) is 83.4 cm³/mol. The Kier molecular flexibility index (Phi) is 4.72. The molecule has 0 amide bonds. The molecular weight excluding hydrogens is 268 g/mol. The van der Waals surface area contributed by atoms with Crippen molar-refractivity contribution in [3.05, 3.63) is 35.4 Å². The minimum Gasteiger partial charge on any atom is -0.311 e. The van der Waals surface area contributed by atoms with E-state index in [0.29, 0.717) is 5.92 Å². The largest absolute Gasteiger partial charge is 0.311 e. The molecule has 0 saturated heterocycles. The van der Waals surface area contributed by atoms with Crippen LogP contribution in [-0.4, -0.2) is 12.1 Å². The highest BCUT2D eigenvalue weighted by Crippen LogP contribution is 2.49. The van der Waals surface area contributed by atoms with Gasteiger partial charge in [-0.15, -0.1) is 0 Å². The molecule has 0 spiro atoms. The Bertz CT molecular complexity index is 464. The van der Waals surface area contributed by atoms with Crippen molar-refractivity contribution in [1.29, 1.82) is 0 Å². The molecule has 118 valence electrons. The van der Waals surface area contributed by atoms with Gasteiger partial charge in [-0.1, -0.05) is 19.8 Å². The van der Waals surface area contributed by atoms with Gasteiger partial charge in [0.15, 0.2) is 0 Å². The fourth-order valence-corrected chi connectivity index (χ4v) is 3.43. The zero-order chi connectivity index (χ0) is 15.7. The van der Waals surface area contributed by atoms with Crippen LogP contribution in [0.1, 0.15) is 58.9 Å². The molecule has 0 aliphatic heterocycles. The van der Waals surface area contributed by atoms with Crippen LogP contribution in [0, 0.1) is 17.6 Å². The number of benzene rings is 1. The molecule has 1 N–H and O–H groups in total. The third-order valence-corrected chi connectivity index (χ3v) is 4.49. The minimum absolute atomic E-state index is 0.00864. The highest BCUT2D eigenvalue weighted by Gasteiger charge is 2.45. The van der Waals surface area contributed by atoms with E-state index in [1.54, 1.807) is 0 Å². The molecule has 1 aliphatic carbocycles. The van der Waals surface area contributed by atoms with Gasteiger partial charge in [0.25, 0.3) is 0 Å². The number of hydrogen-bond acceptors (Lipinski definition) is 1. The van der Waals surface area contributed by atoms with Gasteiger partial charge in [0.05, 0.1) is 0 Å². The van der Waals surface area contributed by atoms with Crippen LogP contribution < -0.4 is 5.32 Å². The van der Waals surface area contributed by atoms with Crippen LogP contribution in [0.25, 0.3) is 0 Å². The zero-order valence-corrected chi connectivity index (χ0v) is 13.6. The first-order valence-corrected chi connectivity index (χ1v) is 7.96. The second-order valence-corrected chi connectivity index (χ2v) is 7.60. The van der Waals surface area contributed by atoms with Crippen molar-refractivity contribution in [2.45, 2.75) is 64.3 Å². The summed E-state index contributed by atoms with van der Waals surface area (Å²) in [6.07, 6.45) is 4.42. The monoisotopic (exact) mass is 295 g/mol. The van der Waals surface area contributed by atoms with Crippen LogP contribution in [0.3, 0.4) is 0 Å². The molecule has 0 aromatic heterocycles. The van der Waals surface area contributed by atoms with Crippen molar-refractivity contribution in [1.82, 2.24) is 5.32 Å². The van der Waals surface area contributed by atoms with Crippen molar-refractivity contribution in [3.63, 3.8) is 0 Å². The highest BCUT2D eigenvalue weighted by molar-refractivity contribution is 5.31. The van der Waals surface area contributed by atoms with Gasteiger partial charge < -0.3 is 5.32 Å². The summed E-state index contributed by atoms with van der Waals surface area (Å²) in [4.78, 5) is 0. The Balaban J connectivity index is 2.20. The molecule has 1 aromatic carbocycles. The Hall–Kier alpha value is -0.960.